The maximum absolute atomic E-state index is 12.7. The molecule has 0 bridgehead atoms. The van der Waals surface area contributed by atoms with Crippen molar-refractivity contribution < 1.29 is 9.13 Å². The van der Waals surface area contributed by atoms with Crippen molar-refractivity contribution in [2.24, 2.45) is 0 Å². The number of benzene rings is 1. The van der Waals surface area contributed by atoms with E-state index in [9.17, 15) is 4.39 Å². The summed E-state index contributed by atoms with van der Waals surface area (Å²) >= 11 is 0. The minimum absolute atomic E-state index is 0.282. The molecule has 0 N–H and O–H groups in total. The lowest BCUT2D eigenvalue weighted by molar-refractivity contribution is 0.294. The zero-order valence-corrected chi connectivity index (χ0v) is 9.45. The zero-order valence-electron chi connectivity index (χ0n) is 9.45. The SMILES string of the molecule is Fc1ccc(OCc2nnc3ccccn23)cc1. The second-order valence-electron chi connectivity index (χ2n) is 3.79. The van der Waals surface area contributed by atoms with Crippen LogP contribution in [0.1, 0.15) is 5.82 Å². The zero-order chi connectivity index (χ0) is 12.4. The van der Waals surface area contributed by atoms with Crippen LogP contribution in [0.2, 0.25) is 0 Å². The van der Waals surface area contributed by atoms with E-state index in [0.717, 1.165) is 5.65 Å². The standard InChI is InChI=1S/C13H10FN3O/c14-10-4-6-11(7-5-10)18-9-13-16-15-12-3-1-2-8-17(12)13/h1-8H,9H2. The van der Waals surface area contributed by atoms with Crippen molar-refractivity contribution >= 4 is 5.65 Å². The first-order chi connectivity index (χ1) is 8.83. The number of hydrogen-bond acceptors (Lipinski definition) is 3. The van der Waals surface area contributed by atoms with E-state index >= 15 is 0 Å². The minimum atomic E-state index is -0.282. The highest BCUT2D eigenvalue weighted by Crippen LogP contribution is 2.13. The molecule has 0 radical (unpaired) electrons. The van der Waals surface area contributed by atoms with Gasteiger partial charge in [-0.25, -0.2) is 4.39 Å². The Morgan fingerprint density at radius 1 is 1.06 bits per heavy atom. The number of fused-ring (bicyclic) bond motifs is 1. The van der Waals surface area contributed by atoms with Gasteiger partial charge in [-0.05, 0) is 36.4 Å². The number of aromatic nitrogens is 3. The first kappa shape index (κ1) is 10.7. The maximum atomic E-state index is 12.7. The van der Waals surface area contributed by atoms with Gasteiger partial charge >= 0.3 is 0 Å². The van der Waals surface area contributed by atoms with Crippen LogP contribution < -0.4 is 4.74 Å². The molecule has 0 fully saturated rings. The third-order valence-electron chi connectivity index (χ3n) is 2.57. The lowest BCUT2D eigenvalue weighted by atomic mass is 10.3. The van der Waals surface area contributed by atoms with Crippen molar-refractivity contribution in [3.8, 4) is 5.75 Å². The molecule has 0 amide bonds. The predicted octanol–water partition coefficient (Wildman–Crippen LogP) is 2.45. The van der Waals surface area contributed by atoms with Crippen molar-refractivity contribution in [3.05, 3.63) is 60.3 Å². The van der Waals surface area contributed by atoms with Crippen molar-refractivity contribution in [1.29, 1.82) is 0 Å². The molecule has 5 heteroatoms. The van der Waals surface area contributed by atoms with Gasteiger partial charge in [-0.3, -0.25) is 4.40 Å². The van der Waals surface area contributed by atoms with Crippen LogP contribution in [0.15, 0.2) is 48.7 Å². The lowest BCUT2D eigenvalue weighted by Crippen LogP contribution is -2.01. The van der Waals surface area contributed by atoms with Gasteiger partial charge in [0.2, 0.25) is 0 Å². The predicted molar refractivity (Wildman–Crippen MR) is 63.7 cm³/mol. The van der Waals surface area contributed by atoms with Crippen molar-refractivity contribution in [2.45, 2.75) is 6.61 Å². The van der Waals surface area contributed by atoms with Crippen LogP contribution >= 0.6 is 0 Å². The first-order valence-electron chi connectivity index (χ1n) is 5.50. The average molecular weight is 243 g/mol. The van der Waals surface area contributed by atoms with E-state index in [1.807, 2.05) is 28.8 Å². The molecule has 0 aliphatic rings. The number of halogens is 1. The minimum Gasteiger partial charge on any atom is -0.486 e. The summed E-state index contributed by atoms with van der Waals surface area (Å²) in [6, 6.07) is 11.5. The van der Waals surface area contributed by atoms with Gasteiger partial charge in [-0.1, -0.05) is 6.07 Å². The quantitative estimate of drug-likeness (QED) is 0.709. The molecule has 4 nitrogen and oxygen atoms in total. The smallest absolute Gasteiger partial charge is 0.175 e. The summed E-state index contributed by atoms with van der Waals surface area (Å²) < 4.78 is 20.1. The fraction of sp³-hybridized carbons (Fsp3) is 0.0769. The van der Waals surface area contributed by atoms with Gasteiger partial charge in [0.1, 0.15) is 18.2 Å². The Hall–Kier alpha value is -2.43. The van der Waals surface area contributed by atoms with Crippen LogP contribution in [-0.4, -0.2) is 14.6 Å². The Bertz CT molecular complexity index is 663. The second-order valence-corrected chi connectivity index (χ2v) is 3.79. The van der Waals surface area contributed by atoms with Gasteiger partial charge in [0.15, 0.2) is 11.5 Å². The van der Waals surface area contributed by atoms with E-state index in [2.05, 4.69) is 10.2 Å². The van der Waals surface area contributed by atoms with Crippen LogP contribution in [0.25, 0.3) is 5.65 Å². The van der Waals surface area contributed by atoms with Crippen molar-refractivity contribution in [1.82, 2.24) is 14.6 Å². The van der Waals surface area contributed by atoms with Gasteiger partial charge in [-0.15, -0.1) is 10.2 Å². The molecule has 2 aromatic heterocycles. The van der Waals surface area contributed by atoms with E-state index in [1.54, 1.807) is 12.1 Å². The summed E-state index contributed by atoms with van der Waals surface area (Å²) in [7, 11) is 0. The molecule has 0 atom stereocenters. The van der Waals surface area contributed by atoms with Gasteiger partial charge < -0.3 is 4.74 Å². The molecule has 2 heterocycles. The number of pyridine rings is 1. The molecule has 3 aromatic rings. The molecule has 0 saturated carbocycles. The Labute approximate surface area is 103 Å². The molecule has 0 aliphatic heterocycles. The molecule has 3 rings (SSSR count). The Morgan fingerprint density at radius 2 is 1.89 bits per heavy atom. The fourth-order valence-corrected chi connectivity index (χ4v) is 1.67. The van der Waals surface area contributed by atoms with Crippen molar-refractivity contribution in [3.63, 3.8) is 0 Å². The normalized spacial score (nSPS) is 10.7. The number of ether oxygens (including phenoxy) is 1. The van der Waals surface area contributed by atoms with Crippen LogP contribution in [0.3, 0.4) is 0 Å². The van der Waals surface area contributed by atoms with Gasteiger partial charge in [-0.2, -0.15) is 0 Å². The summed E-state index contributed by atoms with van der Waals surface area (Å²) in [6.45, 7) is 0.289. The molecule has 0 spiro atoms. The molecule has 18 heavy (non-hydrogen) atoms. The highest BCUT2D eigenvalue weighted by atomic mass is 19.1. The second kappa shape index (κ2) is 4.44. The van der Waals surface area contributed by atoms with Crippen LogP contribution in [0.5, 0.6) is 5.75 Å². The van der Waals surface area contributed by atoms with Crippen LogP contribution in [-0.2, 0) is 6.61 Å². The fourth-order valence-electron chi connectivity index (χ4n) is 1.67. The number of nitrogens with zero attached hydrogens (tertiary/aromatic N) is 3. The molecule has 0 saturated heterocycles. The van der Waals surface area contributed by atoms with Gasteiger partial charge in [0.25, 0.3) is 0 Å². The third-order valence-corrected chi connectivity index (χ3v) is 2.57. The van der Waals surface area contributed by atoms with Gasteiger partial charge in [0.05, 0.1) is 0 Å². The highest BCUT2D eigenvalue weighted by Gasteiger charge is 2.05. The Kier molecular flexibility index (Phi) is 2.64. The van der Waals surface area contributed by atoms with E-state index in [4.69, 9.17) is 4.74 Å². The number of rotatable bonds is 3. The molecular weight excluding hydrogens is 233 g/mol. The summed E-state index contributed by atoms with van der Waals surface area (Å²) in [4.78, 5) is 0. The summed E-state index contributed by atoms with van der Waals surface area (Å²) in [6.07, 6.45) is 1.87. The van der Waals surface area contributed by atoms with E-state index in [-0.39, 0.29) is 12.4 Å². The highest BCUT2D eigenvalue weighted by molar-refractivity contribution is 5.37. The third kappa shape index (κ3) is 2.02. The van der Waals surface area contributed by atoms with Crippen LogP contribution in [0, 0.1) is 5.82 Å². The van der Waals surface area contributed by atoms with Gasteiger partial charge in [0, 0.05) is 6.20 Å². The van der Waals surface area contributed by atoms with E-state index in [0.29, 0.717) is 11.6 Å². The van der Waals surface area contributed by atoms with Crippen molar-refractivity contribution in [2.75, 3.05) is 0 Å². The Morgan fingerprint density at radius 3 is 2.72 bits per heavy atom. The summed E-state index contributed by atoms with van der Waals surface area (Å²) in [5.74, 6) is 1.02. The topological polar surface area (TPSA) is 39.4 Å². The lowest BCUT2D eigenvalue weighted by Gasteiger charge is -2.04. The monoisotopic (exact) mass is 243 g/mol. The van der Waals surface area contributed by atoms with E-state index in [1.165, 1.54) is 12.1 Å². The number of hydrogen-bond donors (Lipinski definition) is 0. The maximum Gasteiger partial charge on any atom is 0.175 e. The van der Waals surface area contributed by atoms with E-state index < -0.39 is 0 Å². The average Bonchev–Trinajstić information content (AvgIpc) is 2.82. The summed E-state index contributed by atoms with van der Waals surface area (Å²) in [5.41, 5.74) is 0.773. The molecule has 90 valence electrons. The Balaban J connectivity index is 1.79. The summed E-state index contributed by atoms with van der Waals surface area (Å²) in [5, 5.41) is 8.06. The largest absolute Gasteiger partial charge is 0.486 e. The molecular formula is C13H10FN3O. The van der Waals surface area contributed by atoms with Crippen LogP contribution in [0.4, 0.5) is 4.39 Å². The first-order valence-corrected chi connectivity index (χ1v) is 5.50. The molecule has 0 unspecified atom stereocenters. The molecule has 1 aromatic carbocycles. The molecule has 0 aliphatic carbocycles.